The Morgan fingerprint density at radius 1 is 0.974 bits per heavy atom. The topological polar surface area (TPSA) is 96.0 Å². The lowest BCUT2D eigenvalue weighted by molar-refractivity contribution is -0.140. The molecule has 0 spiro atoms. The van der Waals surface area contributed by atoms with E-state index in [1.807, 2.05) is 43.3 Å². The molecule has 2 amide bonds. The number of halogens is 1. The van der Waals surface area contributed by atoms with Gasteiger partial charge in [0.15, 0.2) is 0 Å². The maximum atomic E-state index is 14.0. The molecule has 10 heteroatoms. The minimum absolute atomic E-state index is 0.0555. The Kier molecular flexibility index (Phi) is 10.8. The zero-order valence-electron chi connectivity index (χ0n) is 22.3. The van der Waals surface area contributed by atoms with Crippen LogP contribution in [0.25, 0.3) is 0 Å². The second-order valence-electron chi connectivity index (χ2n) is 9.09. The van der Waals surface area contributed by atoms with Crippen LogP contribution in [0.4, 0.5) is 5.69 Å². The molecule has 39 heavy (non-hydrogen) atoms. The predicted molar refractivity (Wildman–Crippen MR) is 154 cm³/mol. The predicted octanol–water partition coefficient (Wildman–Crippen LogP) is 4.28. The molecule has 8 nitrogen and oxygen atoms in total. The van der Waals surface area contributed by atoms with Crippen molar-refractivity contribution in [3.05, 3.63) is 95.0 Å². The smallest absolute Gasteiger partial charge is 0.244 e. The van der Waals surface area contributed by atoms with Gasteiger partial charge in [-0.1, -0.05) is 73.1 Å². The Bertz CT molecular complexity index is 1370. The van der Waals surface area contributed by atoms with Crippen molar-refractivity contribution >= 4 is 39.1 Å². The minimum Gasteiger partial charge on any atom is -0.495 e. The van der Waals surface area contributed by atoms with Gasteiger partial charge in [-0.15, -0.1) is 0 Å². The summed E-state index contributed by atoms with van der Waals surface area (Å²) in [6.45, 7) is 1.92. The van der Waals surface area contributed by atoms with E-state index >= 15 is 0 Å². The van der Waals surface area contributed by atoms with Gasteiger partial charge in [0.25, 0.3) is 0 Å². The summed E-state index contributed by atoms with van der Waals surface area (Å²) in [5.74, 6) is -0.559. The summed E-state index contributed by atoms with van der Waals surface area (Å²) in [5, 5.41) is 3.40. The van der Waals surface area contributed by atoms with E-state index in [-0.39, 0.29) is 24.6 Å². The summed E-state index contributed by atoms with van der Waals surface area (Å²) < 4.78 is 32.2. The monoisotopic (exact) mass is 571 g/mol. The van der Waals surface area contributed by atoms with E-state index in [1.165, 1.54) is 12.0 Å². The van der Waals surface area contributed by atoms with Crippen molar-refractivity contribution in [2.45, 2.75) is 32.4 Å². The molecule has 0 aliphatic rings. The lowest BCUT2D eigenvalue weighted by Gasteiger charge is -2.33. The van der Waals surface area contributed by atoms with Gasteiger partial charge in [-0.3, -0.25) is 13.9 Å². The maximum absolute atomic E-state index is 14.0. The van der Waals surface area contributed by atoms with Gasteiger partial charge < -0.3 is 15.0 Å². The van der Waals surface area contributed by atoms with Gasteiger partial charge in [0.05, 0.1) is 19.1 Å². The molecule has 0 aliphatic carbocycles. The van der Waals surface area contributed by atoms with E-state index in [9.17, 15) is 18.0 Å². The molecule has 0 radical (unpaired) electrons. The average molecular weight is 572 g/mol. The van der Waals surface area contributed by atoms with Crippen LogP contribution in [0.15, 0.2) is 78.9 Å². The largest absolute Gasteiger partial charge is 0.495 e. The lowest BCUT2D eigenvalue weighted by Crippen LogP contribution is -2.53. The first-order chi connectivity index (χ1) is 18.6. The van der Waals surface area contributed by atoms with E-state index < -0.39 is 28.5 Å². The molecule has 0 bridgehead atoms. The molecule has 3 rings (SSSR count). The summed E-state index contributed by atoms with van der Waals surface area (Å²) in [6.07, 6.45) is 2.00. The van der Waals surface area contributed by atoms with Gasteiger partial charge in [0.2, 0.25) is 21.8 Å². The second kappa shape index (κ2) is 14.0. The van der Waals surface area contributed by atoms with Crippen LogP contribution < -0.4 is 14.4 Å². The van der Waals surface area contributed by atoms with Crippen LogP contribution in [0.5, 0.6) is 5.75 Å². The van der Waals surface area contributed by atoms with E-state index in [2.05, 4.69) is 5.32 Å². The van der Waals surface area contributed by atoms with Crippen LogP contribution >= 0.6 is 11.6 Å². The molecule has 208 valence electrons. The normalized spacial score (nSPS) is 11.9. The molecular weight excluding hydrogens is 538 g/mol. The van der Waals surface area contributed by atoms with E-state index in [4.69, 9.17) is 16.3 Å². The molecule has 3 aromatic rings. The SMILES string of the molecule is CCCNC(=O)C(Cc1ccccc1)N(Cc1cccc(Cl)c1)C(=O)CN(c1ccccc1OC)S(C)(=O)=O. The number of carbonyl (C=O) groups excluding carboxylic acids is 2. The van der Waals surface area contributed by atoms with Crippen LogP contribution in [-0.2, 0) is 32.6 Å². The number of anilines is 1. The van der Waals surface area contributed by atoms with Crippen molar-refractivity contribution in [2.24, 2.45) is 0 Å². The number of hydrogen-bond donors (Lipinski definition) is 1. The third-order valence-electron chi connectivity index (χ3n) is 6.10. The van der Waals surface area contributed by atoms with Gasteiger partial charge in [-0.25, -0.2) is 8.42 Å². The molecule has 0 saturated carbocycles. The van der Waals surface area contributed by atoms with Crippen molar-refractivity contribution < 1.29 is 22.7 Å². The zero-order chi connectivity index (χ0) is 28.4. The quantitative estimate of drug-likeness (QED) is 0.330. The number of carbonyl (C=O) groups is 2. The van der Waals surface area contributed by atoms with E-state index in [0.29, 0.717) is 22.9 Å². The number of ether oxygens (including phenoxy) is 1. The standard InChI is InChI=1S/C29H34ClN3O5S/c1-4-17-31-29(35)26(19-22-11-6-5-7-12-22)32(20-23-13-10-14-24(30)18-23)28(34)21-33(39(3,36)37)25-15-8-9-16-27(25)38-2/h5-16,18,26H,4,17,19-21H2,1-3H3,(H,31,35). The number of nitrogens with one attached hydrogen (secondary N) is 1. The summed E-state index contributed by atoms with van der Waals surface area (Å²) in [4.78, 5) is 28.9. The summed E-state index contributed by atoms with van der Waals surface area (Å²) in [5.41, 5.74) is 1.80. The summed E-state index contributed by atoms with van der Waals surface area (Å²) in [7, 11) is -2.46. The van der Waals surface area contributed by atoms with E-state index in [0.717, 1.165) is 22.5 Å². The zero-order valence-corrected chi connectivity index (χ0v) is 23.9. The molecule has 1 N–H and O–H groups in total. The van der Waals surface area contributed by atoms with Crippen LogP contribution in [0.1, 0.15) is 24.5 Å². The Morgan fingerprint density at radius 2 is 1.64 bits per heavy atom. The average Bonchev–Trinajstić information content (AvgIpc) is 2.92. The van der Waals surface area contributed by atoms with Crippen LogP contribution in [-0.4, -0.2) is 57.6 Å². The highest BCUT2D eigenvalue weighted by atomic mass is 35.5. The molecule has 0 aromatic heterocycles. The first-order valence-electron chi connectivity index (χ1n) is 12.6. The van der Waals surface area contributed by atoms with E-state index in [1.54, 1.807) is 42.5 Å². The van der Waals surface area contributed by atoms with Crippen LogP contribution in [0, 0.1) is 0 Å². The van der Waals surface area contributed by atoms with Gasteiger partial charge in [-0.05, 0) is 41.8 Å². The Hall–Kier alpha value is -3.56. The minimum atomic E-state index is -3.89. The number of hydrogen-bond acceptors (Lipinski definition) is 5. The summed E-state index contributed by atoms with van der Waals surface area (Å²) in [6, 6.07) is 22.1. The first-order valence-corrected chi connectivity index (χ1v) is 14.8. The fourth-order valence-corrected chi connectivity index (χ4v) is 5.25. The van der Waals surface area contributed by atoms with Gasteiger partial charge in [0.1, 0.15) is 18.3 Å². The Balaban J connectivity index is 2.06. The van der Waals surface area contributed by atoms with Crippen molar-refractivity contribution in [3.8, 4) is 5.75 Å². The lowest BCUT2D eigenvalue weighted by atomic mass is 10.0. The molecule has 0 fully saturated rings. The third-order valence-corrected chi connectivity index (χ3v) is 7.46. The van der Waals surface area contributed by atoms with Crippen molar-refractivity contribution in [1.82, 2.24) is 10.2 Å². The molecule has 3 aromatic carbocycles. The van der Waals surface area contributed by atoms with Gasteiger partial charge in [-0.2, -0.15) is 0 Å². The van der Waals surface area contributed by atoms with Crippen molar-refractivity contribution in [1.29, 1.82) is 0 Å². The number of rotatable bonds is 13. The van der Waals surface area contributed by atoms with Crippen molar-refractivity contribution in [3.63, 3.8) is 0 Å². The number of amides is 2. The summed E-state index contributed by atoms with van der Waals surface area (Å²) >= 11 is 6.22. The van der Waals surface area contributed by atoms with Gasteiger partial charge in [0, 0.05) is 24.5 Å². The Morgan fingerprint density at radius 3 is 2.28 bits per heavy atom. The number of para-hydroxylation sites is 2. The highest BCUT2D eigenvalue weighted by molar-refractivity contribution is 7.92. The molecule has 0 heterocycles. The van der Waals surface area contributed by atoms with Crippen LogP contribution in [0.2, 0.25) is 5.02 Å². The fourth-order valence-electron chi connectivity index (χ4n) is 4.18. The fraction of sp³-hybridized carbons (Fsp3) is 0.310. The van der Waals surface area contributed by atoms with Gasteiger partial charge >= 0.3 is 0 Å². The number of sulfonamides is 1. The number of benzene rings is 3. The number of methoxy groups -OCH3 is 1. The molecular formula is C29H34ClN3O5S. The maximum Gasteiger partial charge on any atom is 0.244 e. The molecule has 0 aliphatic heterocycles. The highest BCUT2D eigenvalue weighted by Gasteiger charge is 2.33. The second-order valence-corrected chi connectivity index (χ2v) is 11.4. The molecule has 0 saturated heterocycles. The molecule has 1 atom stereocenters. The highest BCUT2D eigenvalue weighted by Crippen LogP contribution is 2.30. The Labute approximate surface area is 235 Å². The van der Waals surface area contributed by atoms with Crippen LogP contribution in [0.3, 0.4) is 0 Å². The van der Waals surface area contributed by atoms with Crippen molar-refractivity contribution in [2.75, 3.05) is 30.8 Å². The molecule has 1 unspecified atom stereocenters. The third kappa shape index (κ3) is 8.46. The number of nitrogens with zero attached hydrogens (tertiary/aromatic N) is 2. The first kappa shape index (κ1) is 30.0.